The summed E-state index contributed by atoms with van der Waals surface area (Å²) in [6.45, 7) is 3.93. The quantitative estimate of drug-likeness (QED) is 0.433. The molecule has 4 heterocycles. The first-order valence-electron chi connectivity index (χ1n) is 11.6. The van der Waals surface area contributed by atoms with Crippen LogP contribution in [0.1, 0.15) is 37.1 Å². The minimum atomic E-state index is -0.484. The molecule has 0 bridgehead atoms. The summed E-state index contributed by atoms with van der Waals surface area (Å²) in [6, 6.07) is 24.7. The zero-order valence-electron chi connectivity index (χ0n) is 18.7. The van der Waals surface area contributed by atoms with Gasteiger partial charge in [-0.2, -0.15) is 0 Å². The normalized spacial score (nSPS) is 18.6. The molecule has 0 saturated carbocycles. The molecule has 5 nitrogen and oxygen atoms in total. The molecule has 2 aromatic carbocycles. The van der Waals surface area contributed by atoms with Crippen LogP contribution in [0.15, 0.2) is 85.2 Å². The lowest BCUT2D eigenvalue weighted by Gasteiger charge is -2.41. The lowest BCUT2D eigenvalue weighted by Crippen LogP contribution is -2.48. The smallest absolute Gasteiger partial charge is 0.242 e. The molecule has 1 saturated heterocycles. The van der Waals surface area contributed by atoms with Gasteiger partial charge in [-0.15, -0.1) is 0 Å². The topological polar surface area (TPSA) is 49.3 Å². The van der Waals surface area contributed by atoms with E-state index < -0.39 is 5.41 Å². The van der Waals surface area contributed by atoms with Crippen molar-refractivity contribution in [2.75, 3.05) is 18.0 Å². The number of hydrogen-bond donors (Lipinski definition) is 0. The van der Waals surface area contributed by atoms with Gasteiger partial charge in [-0.1, -0.05) is 42.5 Å². The van der Waals surface area contributed by atoms with Crippen LogP contribution in [0.4, 0.5) is 11.4 Å². The fourth-order valence-electron chi connectivity index (χ4n) is 5.54. The number of carbonyl (C=O) groups excluding carboxylic acids is 1. The number of pyridine rings is 2. The molecular weight excluding hydrogens is 408 g/mol. The van der Waals surface area contributed by atoms with Gasteiger partial charge in [-0.3, -0.25) is 24.6 Å². The lowest BCUT2D eigenvalue weighted by atomic mass is 9.73. The maximum absolute atomic E-state index is 14.1. The summed E-state index contributed by atoms with van der Waals surface area (Å²) in [6.07, 6.45) is 5.28. The molecule has 0 aliphatic carbocycles. The number of fused-ring (bicyclic) bond motifs is 3. The average molecular weight is 435 g/mol. The second kappa shape index (κ2) is 7.78. The van der Waals surface area contributed by atoms with E-state index in [1.807, 2.05) is 59.8 Å². The molecule has 1 spiro atoms. The Morgan fingerprint density at radius 1 is 0.909 bits per heavy atom. The Kier molecular flexibility index (Phi) is 4.73. The molecule has 2 aliphatic rings. The van der Waals surface area contributed by atoms with Crippen molar-refractivity contribution in [1.82, 2.24) is 14.9 Å². The van der Waals surface area contributed by atoms with Crippen LogP contribution >= 0.6 is 0 Å². The summed E-state index contributed by atoms with van der Waals surface area (Å²) < 4.78 is 0. The van der Waals surface area contributed by atoms with Crippen LogP contribution in [0.25, 0.3) is 10.9 Å². The molecule has 164 valence electrons. The molecular formula is C28H26N4O. The monoisotopic (exact) mass is 434 g/mol. The van der Waals surface area contributed by atoms with Crippen molar-refractivity contribution in [3.8, 4) is 0 Å². The second-order valence-corrected chi connectivity index (χ2v) is 9.09. The molecule has 1 amide bonds. The van der Waals surface area contributed by atoms with Crippen molar-refractivity contribution >= 4 is 28.2 Å². The number of benzene rings is 2. The Balaban J connectivity index is 1.34. The van der Waals surface area contributed by atoms with Crippen LogP contribution < -0.4 is 4.90 Å². The molecule has 4 aromatic rings. The second-order valence-electron chi connectivity index (χ2n) is 9.09. The first-order chi connectivity index (χ1) is 16.2. The fourth-order valence-corrected chi connectivity index (χ4v) is 5.54. The van der Waals surface area contributed by atoms with Crippen molar-refractivity contribution in [1.29, 1.82) is 0 Å². The third-order valence-electron chi connectivity index (χ3n) is 7.42. The Morgan fingerprint density at radius 3 is 2.48 bits per heavy atom. The minimum Gasteiger partial charge on any atom is -0.295 e. The molecule has 33 heavy (non-hydrogen) atoms. The van der Waals surface area contributed by atoms with Crippen molar-refractivity contribution in [3.05, 3.63) is 96.4 Å². The zero-order valence-corrected chi connectivity index (χ0v) is 18.7. The van der Waals surface area contributed by atoms with Gasteiger partial charge in [0.25, 0.3) is 0 Å². The Hall–Kier alpha value is -3.57. The number of piperidine rings is 1. The molecule has 0 N–H and O–H groups in total. The van der Waals surface area contributed by atoms with E-state index >= 15 is 0 Å². The van der Waals surface area contributed by atoms with Gasteiger partial charge in [0.2, 0.25) is 5.91 Å². The number of aromatic nitrogens is 2. The van der Waals surface area contributed by atoms with E-state index in [0.717, 1.165) is 59.5 Å². The van der Waals surface area contributed by atoms with E-state index in [-0.39, 0.29) is 11.9 Å². The number of rotatable bonds is 3. The number of likely N-dealkylation sites (tertiary alicyclic amines) is 1. The van der Waals surface area contributed by atoms with Crippen LogP contribution in [-0.4, -0.2) is 33.9 Å². The summed E-state index contributed by atoms with van der Waals surface area (Å²) >= 11 is 0. The number of nitrogens with zero attached hydrogens (tertiary/aromatic N) is 4. The van der Waals surface area contributed by atoms with Gasteiger partial charge in [-0.25, -0.2) is 0 Å². The van der Waals surface area contributed by atoms with Gasteiger partial charge >= 0.3 is 0 Å². The predicted molar refractivity (Wildman–Crippen MR) is 130 cm³/mol. The number of para-hydroxylation sites is 2. The molecule has 2 aromatic heterocycles. The standard InChI is InChI=1S/C28H26N4O/c1-20(24-10-6-7-15-29-24)31-16-13-28(14-17-31)23-9-3-5-12-26(23)32(27(28)33)22-18-21-8-2-4-11-25(21)30-19-22/h2-12,15,18-20H,13-14,16-17H2,1H3. The molecule has 5 heteroatoms. The van der Waals surface area contributed by atoms with Crippen LogP contribution in [0.5, 0.6) is 0 Å². The SMILES string of the molecule is CC(c1ccccn1)N1CCC2(CC1)C(=O)N(c1cnc3ccccc3c1)c1ccccc12. The summed E-state index contributed by atoms with van der Waals surface area (Å²) in [5, 5.41) is 1.04. The van der Waals surface area contributed by atoms with E-state index in [4.69, 9.17) is 0 Å². The third kappa shape index (κ3) is 3.15. The van der Waals surface area contributed by atoms with Crippen molar-refractivity contribution in [3.63, 3.8) is 0 Å². The highest BCUT2D eigenvalue weighted by Crippen LogP contribution is 2.51. The van der Waals surface area contributed by atoms with Crippen LogP contribution in [-0.2, 0) is 10.2 Å². The van der Waals surface area contributed by atoms with Gasteiger partial charge < -0.3 is 0 Å². The lowest BCUT2D eigenvalue weighted by molar-refractivity contribution is -0.124. The molecule has 6 rings (SSSR count). The van der Waals surface area contributed by atoms with Crippen molar-refractivity contribution in [2.24, 2.45) is 0 Å². The molecule has 2 aliphatic heterocycles. The summed E-state index contributed by atoms with van der Waals surface area (Å²) in [5.41, 5.74) is 4.51. The fraction of sp³-hybridized carbons (Fsp3) is 0.250. The Bertz CT molecular complexity index is 1330. The van der Waals surface area contributed by atoms with Crippen LogP contribution in [0.3, 0.4) is 0 Å². The highest BCUT2D eigenvalue weighted by Gasteiger charge is 2.52. The van der Waals surface area contributed by atoms with E-state index in [1.54, 1.807) is 0 Å². The number of amides is 1. The van der Waals surface area contributed by atoms with Crippen LogP contribution in [0.2, 0.25) is 0 Å². The van der Waals surface area contributed by atoms with Gasteiger partial charge in [0, 0.05) is 30.7 Å². The molecule has 1 fully saturated rings. The zero-order chi connectivity index (χ0) is 22.4. The van der Waals surface area contributed by atoms with E-state index in [2.05, 4.69) is 52.1 Å². The molecule has 1 atom stereocenters. The first kappa shape index (κ1) is 20.1. The van der Waals surface area contributed by atoms with Crippen molar-refractivity contribution in [2.45, 2.75) is 31.2 Å². The highest BCUT2D eigenvalue weighted by atomic mass is 16.2. The van der Waals surface area contributed by atoms with Gasteiger partial charge in [-0.05, 0) is 55.7 Å². The largest absolute Gasteiger partial charge is 0.295 e. The Labute approximate surface area is 193 Å². The van der Waals surface area contributed by atoms with Gasteiger partial charge in [0.1, 0.15) is 0 Å². The van der Waals surface area contributed by atoms with E-state index in [1.165, 1.54) is 0 Å². The van der Waals surface area contributed by atoms with Gasteiger partial charge in [0.15, 0.2) is 0 Å². The number of carbonyl (C=O) groups is 1. The van der Waals surface area contributed by atoms with E-state index in [0.29, 0.717) is 0 Å². The molecule has 1 unspecified atom stereocenters. The highest BCUT2D eigenvalue weighted by molar-refractivity contribution is 6.13. The summed E-state index contributed by atoms with van der Waals surface area (Å²) in [7, 11) is 0. The first-order valence-corrected chi connectivity index (χ1v) is 11.6. The third-order valence-corrected chi connectivity index (χ3v) is 7.42. The number of hydrogen-bond acceptors (Lipinski definition) is 4. The van der Waals surface area contributed by atoms with Crippen molar-refractivity contribution < 1.29 is 4.79 Å². The average Bonchev–Trinajstić information content (AvgIpc) is 3.12. The minimum absolute atomic E-state index is 0.172. The Morgan fingerprint density at radius 2 is 1.67 bits per heavy atom. The summed E-state index contributed by atoms with van der Waals surface area (Å²) in [5.74, 6) is 0.172. The molecule has 0 radical (unpaired) electrons. The van der Waals surface area contributed by atoms with Crippen LogP contribution in [0, 0.1) is 0 Å². The predicted octanol–water partition coefficient (Wildman–Crippen LogP) is 5.40. The maximum Gasteiger partial charge on any atom is 0.242 e. The van der Waals surface area contributed by atoms with E-state index in [9.17, 15) is 4.79 Å². The summed E-state index contributed by atoms with van der Waals surface area (Å²) in [4.78, 5) is 27.6. The number of anilines is 2. The maximum atomic E-state index is 14.1. The van der Waals surface area contributed by atoms with Gasteiger partial charge in [0.05, 0.1) is 34.2 Å².